The molecule has 10 nitrogen and oxygen atoms in total. The summed E-state index contributed by atoms with van der Waals surface area (Å²) in [5.74, 6) is -2.19. The van der Waals surface area contributed by atoms with E-state index in [1.54, 1.807) is 0 Å². The monoisotopic (exact) mass is 446 g/mol. The number of aliphatic carboxylic acids is 1. The van der Waals surface area contributed by atoms with Crippen LogP contribution in [0.3, 0.4) is 0 Å². The average molecular weight is 447 g/mol. The Morgan fingerprint density at radius 1 is 1.23 bits per heavy atom. The zero-order valence-corrected chi connectivity index (χ0v) is 18.6. The average Bonchev–Trinajstić information content (AvgIpc) is 3.22. The molecule has 1 rings (SSSR count). The zero-order chi connectivity index (χ0) is 22.8. The summed E-state index contributed by atoms with van der Waals surface area (Å²) in [6, 6.07) is -3.84. The van der Waals surface area contributed by atoms with Crippen LogP contribution in [0.1, 0.15) is 39.5 Å². The van der Waals surface area contributed by atoms with Gasteiger partial charge in [-0.25, -0.2) is 4.79 Å². The number of nitrogens with one attached hydrogen (secondary N) is 2. The summed E-state index contributed by atoms with van der Waals surface area (Å²) < 4.78 is 0. The van der Waals surface area contributed by atoms with Crippen molar-refractivity contribution in [2.24, 2.45) is 11.7 Å². The Hall–Kier alpha value is -1.85. The number of likely N-dealkylation sites (tertiary alicyclic amines) is 1. The molecule has 0 radical (unpaired) electrons. The van der Waals surface area contributed by atoms with Gasteiger partial charge >= 0.3 is 5.97 Å². The van der Waals surface area contributed by atoms with Crippen LogP contribution in [0.25, 0.3) is 0 Å². The van der Waals surface area contributed by atoms with E-state index in [1.165, 1.54) is 16.7 Å². The van der Waals surface area contributed by atoms with E-state index >= 15 is 0 Å². The summed E-state index contributed by atoms with van der Waals surface area (Å²) in [6.07, 6.45) is 3.96. The summed E-state index contributed by atoms with van der Waals surface area (Å²) >= 11 is 1.53. The Morgan fingerprint density at radius 2 is 1.90 bits per heavy atom. The number of amides is 3. The number of carboxylic acid groups (broad SMARTS) is 1. The standard InChI is InChI=1S/C19H34N4O6S/c1-4-11(2)15(20)17(26)21-12(7-9-30-3)18(27)23-8-5-6-14(23)16(25)22-13(10-24)19(28)29/h11-15,24H,4-10,20H2,1-3H3,(H,21,26)(H,22,25)(H,28,29). The number of nitrogens with zero attached hydrogens (tertiary/aromatic N) is 1. The second-order valence-corrected chi connectivity index (χ2v) is 8.51. The molecule has 30 heavy (non-hydrogen) atoms. The lowest BCUT2D eigenvalue weighted by molar-refractivity contribution is -0.145. The van der Waals surface area contributed by atoms with Gasteiger partial charge in [-0.05, 0) is 37.2 Å². The largest absolute Gasteiger partial charge is 0.480 e. The number of thioether (sulfide) groups is 1. The van der Waals surface area contributed by atoms with Crippen LogP contribution in [0.4, 0.5) is 0 Å². The molecule has 3 amide bonds. The molecule has 6 N–H and O–H groups in total. The first-order valence-electron chi connectivity index (χ1n) is 10.2. The summed E-state index contributed by atoms with van der Waals surface area (Å²) in [5.41, 5.74) is 5.99. The molecule has 1 aliphatic rings. The number of nitrogens with two attached hydrogens (primary N) is 1. The van der Waals surface area contributed by atoms with E-state index in [0.29, 0.717) is 31.6 Å². The number of carbonyl (C=O) groups excluding carboxylic acids is 3. The maximum absolute atomic E-state index is 13.2. The van der Waals surface area contributed by atoms with Crippen LogP contribution in [-0.2, 0) is 19.2 Å². The molecule has 0 aliphatic carbocycles. The SMILES string of the molecule is CCC(C)C(N)C(=O)NC(CCSC)C(=O)N1CCCC1C(=O)NC(CO)C(=O)O. The molecule has 5 atom stereocenters. The molecule has 0 spiro atoms. The van der Waals surface area contributed by atoms with Gasteiger partial charge in [0.05, 0.1) is 12.6 Å². The van der Waals surface area contributed by atoms with Gasteiger partial charge in [0, 0.05) is 6.54 Å². The quantitative estimate of drug-likeness (QED) is 0.259. The summed E-state index contributed by atoms with van der Waals surface area (Å²) in [5, 5.41) is 23.2. The van der Waals surface area contributed by atoms with Crippen LogP contribution in [0, 0.1) is 5.92 Å². The van der Waals surface area contributed by atoms with Gasteiger partial charge in [-0.1, -0.05) is 20.3 Å². The van der Waals surface area contributed by atoms with Gasteiger partial charge in [0.15, 0.2) is 0 Å². The third-order valence-corrected chi connectivity index (χ3v) is 6.06. The van der Waals surface area contributed by atoms with Gasteiger partial charge in [0.1, 0.15) is 18.1 Å². The van der Waals surface area contributed by atoms with E-state index in [1.807, 2.05) is 20.1 Å². The predicted molar refractivity (Wildman–Crippen MR) is 114 cm³/mol. The van der Waals surface area contributed by atoms with Crippen LogP contribution in [0.15, 0.2) is 0 Å². The van der Waals surface area contributed by atoms with Crippen LogP contribution in [-0.4, -0.2) is 88.1 Å². The molecule has 0 bridgehead atoms. The van der Waals surface area contributed by atoms with Crippen molar-refractivity contribution in [1.29, 1.82) is 0 Å². The molecule has 1 saturated heterocycles. The van der Waals surface area contributed by atoms with E-state index in [-0.39, 0.29) is 11.8 Å². The van der Waals surface area contributed by atoms with Crippen molar-refractivity contribution in [1.82, 2.24) is 15.5 Å². The van der Waals surface area contributed by atoms with E-state index < -0.39 is 48.6 Å². The lowest BCUT2D eigenvalue weighted by Gasteiger charge is -2.30. The van der Waals surface area contributed by atoms with Gasteiger partial charge in [-0.15, -0.1) is 0 Å². The van der Waals surface area contributed by atoms with Crippen LogP contribution in [0.5, 0.6) is 0 Å². The molecule has 0 aromatic heterocycles. The highest BCUT2D eigenvalue weighted by atomic mass is 32.2. The van der Waals surface area contributed by atoms with Crippen molar-refractivity contribution >= 4 is 35.5 Å². The van der Waals surface area contributed by atoms with Gasteiger partial charge in [0.2, 0.25) is 17.7 Å². The number of hydrogen-bond donors (Lipinski definition) is 5. The minimum absolute atomic E-state index is 0.0435. The van der Waals surface area contributed by atoms with Crippen LogP contribution < -0.4 is 16.4 Å². The topological polar surface area (TPSA) is 162 Å². The van der Waals surface area contributed by atoms with E-state index in [0.717, 1.165) is 6.42 Å². The normalized spacial score (nSPS) is 20.2. The smallest absolute Gasteiger partial charge is 0.328 e. The third kappa shape index (κ3) is 7.13. The first-order chi connectivity index (χ1) is 14.2. The molecular formula is C19H34N4O6S. The molecule has 0 aromatic rings. The van der Waals surface area contributed by atoms with Crippen molar-refractivity contribution in [2.45, 2.75) is 63.7 Å². The second kappa shape index (κ2) is 12.8. The predicted octanol–water partition coefficient (Wildman–Crippen LogP) is -0.850. The number of aliphatic hydroxyl groups is 1. The van der Waals surface area contributed by atoms with Crippen molar-refractivity contribution in [3.63, 3.8) is 0 Å². The fourth-order valence-electron chi connectivity index (χ4n) is 3.23. The molecule has 1 aliphatic heterocycles. The highest BCUT2D eigenvalue weighted by Crippen LogP contribution is 2.20. The third-order valence-electron chi connectivity index (χ3n) is 5.42. The fraction of sp³-hybridized carbons (Fsp3) is 0.789. The van der Waals surface area contributed by atoms with Gasteiger partial charge in [-0.3, -0.25) is 14.4 Å². The van der Waals surface area contributed by atoms with Gasteiger partial charge in [-0.2, -0.15) is 11.8 Å². The highest BCUT2D eigenvalue weighted by Gasteiger charge is 2.39. The molecule has 0 aromatic carbocycles. The Morgan fingerprint density at radius 3 is 2.43 bits per heavy atom. The highest BCUT2D eigenvalue weighted by molar-refractivity contribution is 7.98. The van der Waals surface area contributed by atoms with Crippen molar-refractivity contribution in [3.8, 4) is 0 Å². The molecule has 11 heteroatoms. The number of rotatable bonds is 12. The van der Waals surface area contributed by atoms with Crippen LogP contribution in [0.2, 0.25) is 0 Å². The minimum Gasteiger partial charge on any atom is -0.480 e. The van der Waals surface area contributed by atoms with Crippen molar-refractivity contribution < 1.29 is 29.4 Å². The van der Waals surface area contributed by atoms with Gasteiger partial charge < -0.3 is 31.5 Å². The lowest BCUT2D eigenvalue weighted by atomic mass is 9.99. The number of carbonyl (C=O) groups is 4. The Balaban J connectivity index is 2.91. The fourth-order valence-corrected chi connectivity index (χ4v) is 3.70. The van der Waals surface area contributed by atoms with Crippen molar-refractivity contribution in [3.05, 3.63) is 0 Å². The van der Waals surface area contributed by atoms with E-state index in [9.17, 15) is 19.2 Å². The molecule has 1 heterocycles. The number of hydrogen-bond acceptors (Lipinski definition) is 7. The lowest BCUT2D eigenvalue weighted by Crippen LogP contribution is -2.57. The number of carboxylic acids is 1. The molecule has 5 unspecified atom stereocenters. The van der Waals surface area contributed by atoms with E-state index in [4.69, 9.17) is 15.9 Å². The van der Waals surface area contributed by atoms with Gasteiger partial charge in [0.25, 0.3) is 0 Å². The Bertz CT molecular complexity index is 620. The summed E-state index contributed by atoms with van der Waals surface area (Å²) in [4.78, 5) is 50.7. The number of aliphatic hydroxyl groups excluding tert-OH is 1. The second-order valence-electron chi connectivity index (χ2n) is 7.53. The van der Waals surface area contributed by atoms with Crippen molar-refractivity contribution in [2.75, 3.05) is 25.2 Å². The first kappa shape index (κ1) is 26.2. The zero-order valence-electron chi connectivity index (χ0n) is 17.8. The molecule has 1 fully saturated rings. The maximum atomic E-state index is 13.2. The first-order valence-corrected chi connectivity index (χ1v) is 11.6. The minimum atomic E-state index is -1.43. The Labute approximate surface area is 181 Å². The molecule has 172 valence electrons. The molecule has 0 saturated carbocycles. The summed E-state index contributed by atoms with van der Waals surface area (Å²) in [7, 11) is 0. The van der Waals surface area contributed by atoms with E-state index in [2.05, 4.69) is 10.6 Å². The summed E-state index contributed by atoms with van der Waals surface area (Å²) in [6.45, 7) is 3.38. The van der Waals surface area contributed by atoms with Crippen LogP contribution >= 0.6 is 11.8 Å². The molecular weight excluding hydrogens is 412 g/mol. The maximum Gasteiger partial charge on any atom is 0.328 e. The Kier molecular flexibility index (Phi) is 11.1.